The molecule has 1 aromatic heterocycles. The number of aromatic nitrogens is 2. The van der Waals surface area contributed by atoms with Gasteiger partial charge in [0.2, 0.25) is 0 Å². The number of aromatic amines is 1. The topological polar surface area (TPSA) is 37.9 Å². The van der Waals surface area contributed by atoms with Crippen molar-refractivity contribution < 1.29 is 4.18 Å². The van der Waals surface area contributed by atoms with Crippen molar-refractivity contribution in [2.75, 3.05) is 6.26 Å². The largest absolute Gasteiger partial charge is 0.447 e. The number of aryl methyl sites for hydroxylation is 2. The average Bonchev–Trinajstić information content (AvgIpc) is 2.76. The number of benzene rings is 1. The standard InChI is InChI=1S/C20H32N2OS/c1-14-15(2)22-18(21-14)16-12-10-11-13-17(16)23-24(9,19(3,4)5)20(6,7)8/h10-13H,1-9H3,(H,21,22). The number of H-pyrrole nitrogens is 1. The van der Waals surface area contributed by atoms with Gasteiger partial charge in [-0.25, -0.2) is 4.98 Å². The summed E-state index contributed by atoms with van der Waals surface area (Å²) in [5, 5.41) is 0. The summed E-state index contributed by atoms with van der Waals surface area (Å²) in [5.41, 5.74) is 3.16. The highest BCUT2D eigenvalue weighted by atomic mass is 32.3. The van der Waals surface area contributed by atoms with Gasteiger partial charge in [-0.15, -0.1) is 0 Å². The van der Waals surface area contributed by atoms with Gasteiger partial charge in [0.15, 0.2) is 0 Å². The van der Waals surface area contributed by atoms with Gasteiger partial charge in [0.25, 0.3) is 0 Å². The molecule has 3 nitrogen and oxygen atoms in total. The summed E-state index contributed by atoms with van der Waals surface area (Å²) in [4.78, 5) is 8.05. The number of para-hydroxylation sites is 1. The van der Waals surface area contributed by atoms with Crippen molar-refractivity contribution in [1.29, 1.82) is 0 Å². The molecule has 0 unspecified atom stereocenters. The quantitative estimate of drug-likeness (QED) is 0.736. The minimum absolute atomic E-state index is 0.0629. The van der Waals surface area contributed by atoms with Crippen LogP contribution < -0.4 is 4.18 Å². The minimum atomic E-state index is -1.40. The van der Waals surface area contributed by atoms with E-state index in [1.54, 1.807) is 0 Å². The molecule has 0 radical (unpaired) electrons. The molecule has 2 rings (SSSR count). The fourth-order valence-electron chi connectivity index (χ4n) is 2.76. The second kappa shape index (κ2) is 6.14. The second-order valence-corrected chi connectivity index (χ2v) is 12.7. The Hall–Kier alpha value is -1.42. The van der Waals surface area contributed by atoms with Crippen molar-refractivity contribution in [1.82, 2.24) is 9.97 Å². The van der Waals surface area contributed by atoms with E-state index in [0.717, 1.165) is 28.5 Å². The number of hydrogen-bond acceptors (Lipinski definition) is 2. The van der Waals surface area contributed by atoms with Crippen LogP contribution in [0.4, 0.5) is 0 Å². The summed E-state index contributed by atoms with van der Waals surface area (Å²) in [6.07, 6.45) is 2.29. The number of nitrogens with one attached hydrogen (secondary N) is 1. The molecule has 0 aliphatic carbocycles. The molecule has 0 fully saturated rings. The Morgan fingerprint density at radius 3 is 1.96 bits per heavy atom. The van der Waals surface area contributed by atoms with E-state index in [9.17, 15) is 0 Å². The summed E-state index contributed by atoms with van der Waals surface area (Å²) in [7, 11) is -1.40. The van der Waals surface area contributed by atoms with Gasteiger partial charge in [-0.1, -0.05) is 22.4 Å². The van der Waals surface area contributed by atoms with Crippen molar-refractivity contribution >= 4 is 10.3 Å². The maximum atomic E-state index is 6.79. The average molecular weight is 349 g/mol. The first-order valence-corrected chi connectivity index (χ1v) is 10.4. The van der Waals surface area contributed by atoms with Crippen LogP contribution in [-0.4, -0.2) is 25.7 Å². The molecule has 0 atom stereocenters. The van der Waals surface area contributed by atoms with E-state index >= 15 is 0 Å². The van der Waals surface area contributed by atoms with Crippen LogP contribution in [0, 0.1) is 13.8 Å². The Kier molecular flexibility index (Phi) is 4.84. The maximum Gasteiger partial charge on any atom is 0.145 e. The van der Waals surface area contributed by atoms with Crippen LogP contribution in [0.2, 0.25) is 0 Å². The molecule has 0 bridgehead atoms. The van der Waals surface area contributed by atoms with Crippen LogP contribution in [-0.2, 0) is 0 Å². The molecule has 134 valence electrons. The summed E-state index contributed by atoms with van der Waals surface area (Å²) in [6, 6.07) is 8.21. The Morgan fingerprint density at radius 2 is 1.50 bits per heavy atom. The van der Waals surface area contributed by atoms with E-state index in [0.29, 0.717) is 0 Å². The summed E-state index contributed by atoms with van der Waals surface area (Å²) in [6.45, 7) is 17.7. The van der Waals surface area contributed by atoms with Crippen LogP contribution in [0.25, 0.3) is 11.4 Å². The molecular weight excluding hydrogens is 316 g/mol. The van der Waals surface area contributed by atoms with Crippen LogP contribution >= 0.6 is 10.3 Å². The monoisotopic (exact) mass is 348 g/mol. The molecular formula is C20H32N2OS. The number of imidazole rings is 1. The lowest BCUT2D eigenvalue weighted by Gasteiger charge is -2.55. The van der Waals surface area contributed by atoms with Crippen molar-refractivity contribution in [2.24, 2.45) is 0 Å². The molecule has 0 saturated heterocycles. The fourth-order valence-corrected chi connectivity index (χ4v) is 5.60. The zero-order chi connectivity index (χ0) is 18.3. The highest BCUT2D eigenvalue weighted by molar-refractivity contribution is 8.31. The Labute approximate surface area is 148 Å². The smallest absolute Gasteiger partial charge is 0.145 e. The zero-order valence-electron chi connectivity index (χ0n) is 16.6. The van der Waals surface area contributed by atoms with Gasteiger partial charge in [0.1, 0.15) is 11.6 Å². The van der Waals surface area contributed by atoms with Crippen molar-refractivity contribution in [3.8, 4) is 17.1 Å². The first-order valence-electron chi connectivity index (χ1n) is 8.46. The van der Waals surface area contributed by atoms with Gasteiger partial charge in [-0.2, -0.15) is 0 Å². The summed E-state index contributed by atoms with van der Waals surface area (Å²) >= 11 is 0. The van der Waals surface area contributed by atoms with E-state index in [-0.39, 0.29) is 9.49 Å². The van der Waals surface area contributed by atoms with Crippen LogP contribution in [0.15, 0.2) is 24.3 Å². The first-order chi connectivity index (χ1) is 10.9. The lowest BCUT2D eigenvalue weighted by Crippen LogP contribution is -2.40. The number of nitrogens with zero attached hydrogens (tertiary/aromatic N) is 1. The Morgan fingerprint density at radius 1 is 0.958 bits per heavy atom. The second-order valence-electron chi connectivity index (χ2n) is 8.44. The normalized spacial score (nSPS) is 13.9. The van der Waals surface area contributed by atoms with E-state index in [1.807, 2.05) is 19.1 Å². The predicted molar refractivity (Wildman–Crippen MR) is 107 cm³/mol. The van der Waals surface area contributed by atoms with Crippen LogP contribution in [0.1, 0.15) is 52.9 Å². The molecule has 0 spiro atoms. The maximum absolute atomic E-state index is 6.79. The van der Waals surface area contributed by atoms with Gasteiger partial charge in [-0.05, 0) is 73.8 Å². The van der Waals surface area contributed by atoms with E-state index in [4.69, 9.17) is 4.18 Å². The predicted octanol–water partition coefficient (Wildman–Crippen LogP) is 6.02. The molecule has 1 N–H and O–H groups in total. The van der Waals surface area contributed by atoms with Gasteiger partial charge in [0.05, 0.1) is 11.3 Å². The molecule has 1 aromatic carbocycles. The fraction of sp³-hybridized carbons (Fsp3) is 0.550. The molecule has 4 heteroatoms. The third kappa shape index (κ3) is 3.34. The highest BCUT2D eigenvalue weighted by Crippen LogP contribution is 2.65. The minimum Gasteiger partial charge on any atom is -0.447 e. The molecule has 24 heavy (non-hydrogen) atoms. The van der Waals surface area contributed by atoms with Crippen molar-refractivity contribution in [3.63, 3.8) is 0 Å². The van der Waals surface area contributed by atoms with Crippen LogP contribution in [0.5, 0.6) is 5.75 Å². The highest BCUT2D eigenvalue weighted by Gasteiger charge is 2.44. The molecule has 0 aliphatic rings. The van der Waals surface area contributed by atoms with E-state index < -0.39 is 10.3 Å². The van der Waals surface area contributed by atoms with E-state index in [2.05, 4.69) is 76.8 Å². The first kappa shape index (κ1) is 18.9. The van der Waals surface area contributed by atoms with E-state index in [1.165, 1.54) is 0 Å². The third-order valence-corrected chi connectivity index (χ3v) is 10.1. The molecule has 0 saturated carbocycles. The Bertz CT molecular complexity index is 686. The number of hydrogen-bond donors (Lipinski definition) is 1. The van der Waals surface area contributed by atoms with Gasteiger partial charge in [0, 0.05) is 15.2 Å². The van der Waals surface area contributed by atoms with Gasteiger partial charge < -0.3 is 9.17 Å². The number of rotatable bonds is 3. The lowest BCUT2D eigenvalue weighted by molar-refractivity contribution is 0.544. The molecule has 0 amide bonds. The molecule has 2 aromatic rings. The zero-order valence-corrected chi connectivity index (χ0v) is 17.4. The van der Waals surface area contributed by atoms with Crippen molar-refractivity contribution in [3.05, 3.63) is 35.7 Å². The summed E-state index contributed by atoms with van der Waals surface area (Å²) in [5.74, 6) is 1.79. The Balaban J connectivity index is 2.54. The lowest BCUT2D eigenvalue weighted by atomic mass is 10.2. The molecule has 0 aliphatic heterocycles. The summed E-state index contributed by atoms with van der Waals surface area (Å²) < 4.78 is 6.91. The van der Waals surface area contributed by atoms with Gasteiger partial charge in [-0.3, -0.25) is 0 Å². The SMILES string of the molecule is Cc1nc(-c2ccccc2OS(C)(C(C)(C)C)C(C)(C)C)[nH]c1C. The van der Waals surface area contributed by atoms with Crippen LogP contribution in [0.3, 0.4) is 0 Å². The van der Waals surface area contributed by atoms with Crippen molar-refractivity contribution in [2.45, 2.75) is 64.9 Å². The third-order valence-electron chi connectivity index (χ3n) is 4.86. The molecule has 1 heterocycles. The van der Waals surface area contributed by atoms with Gasteiger partial charge >= 0.3 is 0 Å².